The first-order chi connectivity index (χ1) is 12.6. The van der Waals surface area contributed by atoms with E-state index in [1.54, 1.807) is 0 Å². The highest BCUT2D eigenvalue weighted by Gasteiger charge is 2.19. The Kier molecular flexibility index (Phi) is 4.98. The summed E-state index contributed by atoms with van der Waals surface area (Å²) in [6.45, 7) is 4.76. The third-order valence-electron chi connectivity index (χ3n) is 4.79. The zero-order valence-corrected chi connectivity index (χ0v) is 16.2. The van der Waals surface area contributed by atoms with E-state index in [0.717, 1.165) is 46.1 Å². The van der Waals surface area contributed by atoms with Crippen LogP contribution in [-0.4, -0.2) is 35.3 Å². The van der Waals surface area contributed by atoms with Crippen LogP contribution in [0.25, 0.3) is 15.9 Å². The molecule has 1 saturated heterocycles. The first-order valence-corrected chi connectivity index (χ1v) is 10.1. The Morgan fingerprint density at radius 2 is 2.23 bits per heavy atom. The minimum absolute atomic E-state index is 0.00108. The number of hydrogen-bond acceptors (Lipinski definition) is 4. The number of aromatic nitrogens is 2. The molecule has 136 valence electrons. The number of benzene rings is 1. The van der Waals surface area contributed by atoms with Crippen molar-refractivity contribution in [1.29, 1.82) is 0 Å². The minimum atomic E-state index is -0.00108. The molecule has 0 spiro atoms. The lowest BCUT2D eigenvalue weighted by Gasteiger charge is -2.22. The van der Waals surface area contributed by atoms with Gasteiger partial charge < -0.3 is 10.6 Å². The van der Waals surface area contributed by atoms with E-state index in [9.17, 15) is 4.79 Å². The van der Waals surface area contributed by atoms with Crippen LogP contribution in [0.3, 0.4) is 0 Å². The maximum absolute atomic E-state index is 12.6. The van der Waals surface area contributed by atoms with Gasteiger partial charge in [-0.2, -0.15) is 5.10 Å². The maximum Gasteiger partial charge on any atom is 0.261 e. The lowest BCUT2D eigenvalue weighted by atomic mass is 10.00. The lowest BCUT2D eigenvalue weighted by molar-refractivity contribution is 0.0949. The molecule has 7 heteroatoms. The Morgan fingerprint density at radius 3 is 2.96 bits per heavy atom. The van der Waals surface area contributed by atoms with Gasteiger partial charge in [0.2, 0.25) is 0 Å². The van der Waals surface area contributed by atoms with Crippen LogP contribution in [0.2, 0.25) is 5.02 Å². The third-order valence-corrected chi connectivity index (χ3v) is 6.15. The zero-order valence-electron chi connectivity index (χ0n) is 14.6. The number of fused-ring (bicyclic) bond motifs is 1. The number of halogens is 1. The van der Waals surface area contributed by atoms with E-state index in [2.05, 4.69) is 15.7 Å². The summed E-state index contributed by atoms with van der Waals surface area (Å²) in [5.74, 6) is 0.521. The molecule has 1 aliphatic heterocycles. The molecule has 1 unspecified atom stereocenters. The maximum atomic E-state index is 12.6. The molecule has 5 nitrogen and oxygen atoms in total. The Labute approximate surface area is 161 Å². The van der Waals surface area contributed by atoms with Gasteiger partial charge in [0, 0.05) is 17.0 Å². The molecule has 0 radical (unpaired) electrons. The normalized spacial score (nSPS) is 17.5. The molecule has 26 heavy (non-hydrogen) atoms. The van der Waals surface area contributed by atoms with Gasteiger partial charge in [0.1, 0.15) is 4.83 Å². The highest BCUT2D eigenvalue weighted by molar-refractivity contribution is 7.20. The molecule has 1 fully saturated rings. The molecule has 2 aromatic heterocycles. The first-order valence-electron chi connectivity index (χ1n) is 8.86. The summed E-state index contributed by atoms with van der Waals surface area (Å²) in [7, 11) is 0. The fraction of sp³-hybridized carbons (Fsp3) is 0.368. The molecule has 1 amide bonds. The molecule has 1 aliphatic rings. The van der Waals surface area contributed by atoms with E-state index >= 15 is 0 Å². The van der Waals surface area contributed by atoms with Gasteiger partial charge in [0.25, 0.3) is 5.91 Å². The molecule has 0 saturated carbocycles. The Hall–Kier alpha value is -1.89. The number of aryl methyl sites for hydroxylation is 1. The Bertz CT molecular complexity index is 925. The van der Waals surface area contributed by atoms with Crippen LogP contribution in [0.15, 0.2) is 30.3 Å². The molecule has 3 heterocycles. The van der Waals surface area contributed by atoms with Gasteiger partial charge >= 0.3 is 0 Å². The third kappa shape index (κ3) is 3.49. The summed E-state index contributed by atoms with van der Waals surface area (Å²) in [5, 5.41) is 12.8. The summed E-state index contributed by atoms with van der Waals surface area (Å²) in [5.41, 5.74) is 1.86. The average molecular weight is 389 g/mol. The second kappa shape index (κ2) is 7.39. The minimum Gasteiger partial charge on any atom is -0.351 e. The smallest absolute Gasteiger partial charge is 0.261 e. The van der Waals surface area contributed by atoms with Crippen molar-refractivity contribution < 1.29 is 4.79 Å². The second-order valence-electron chi connectivity index (χ2n) is 6.73. The van der Waals surface area contributed by atoms with E-state index in [-0.39, 0.29) is 5.91 Å². The van der Waals surface area contributed by atoms with Crippen LogP contribution >= 0.6 is 22.9 Å². The van der Waals surface area contributed by atoms with E-state index in [1.807, 2.05) is 41.9 Å². The van der Waals surface area contributed by atoms with Gasteiger partial charge in [-0.25, -0.2) is 4.68 Å². The van der Waals surface area contributed by atoms with Crippen LogP contribution in [-0.2, 0) is 0 Å². The molecule has 3 aromatic rings. The largest absolute Gasteiger partial charge is 0.351 e. The van der Waals surface area contributed by atoms with E-state index in [4.69, 9.17) is 11.6 Å². The summed E-state index contributed by atoms with van der Waals surface area (Å²) in [4.78, 5) is 14.3. The Morgan fingerprint density at radius 1 is 1.42 bits per heavy atom. The first kappa shape index (κ1) is 17.5. The van der Waals surface area contributed by atoms with Crippen molar-refractivity contribution in [2.75, 3.05) is 19.6 Å². The Balaban J connectivity index is 1.56. The quantitative estimate of drug-likeness (QED) is 0.715. The molecule has 0 aliphatic carbocycles. The lowest BCUT2D eigenvalue weighted by Crippen LogP contribution is -2.37. The molecule has 1 aromatic carbocycles. The number of carbonyl (C=O) groups excluding carboxylic acids is 1. The van der Waals surface area contributed by atoms with Gasteiger partial charge in [-0.1, -0.05) is 11.6 Å². The summed E-state index contributed by atoms with van der Waals surface area (Å²) in [6.07, 6.45) is 2.35. The van der Waals surface area contributed by atoms with Gasteiger partial charge in [-0.05, 0) is 69.1 Å². The molecular formula is C19H21ClN4OS. The molecule has 0 bridgehead atoms. The number of thiophene rings is 1. The average Bonchev–Trinajstić information content (AvgIpc) is 3.22. The number of nitrogens with zero attached hydrogens (tertiary/aromatic N) is 2. The molecule has 1 atom stereocenters. The predicted octanol–water partition coefficient (Wildman–Crippen LogP) is 3.78. The highest BCUT2D eigenvalue weighted by atomic mass is 35.5. The number of rotatable bonds is 4. The van der Waals surface area contributed by atoms with Gasteiger partial charge in [-0.15, -0.1) is 11.3 Å². The predicted molar refractivity (Wildman–Crippen MR) is 107 cm³/mol. The number of nitrogens with one attached hydrogen (secondary N) is 2. The molecule has 4 rings (SSSR count). The van der Waals surface area contributed by atoms with Crippen molar-refractivity contribution in [3.63, 3.8) is 0 Å². The van der Waals surface area contributed by atoms with E-state index in [0.29, 0.717) is 10.9 Å². The second-order valence-corrected chi connectivity index (χ2v) is 8.19. The van der Waals surface area contributed by atoms with Crippen LogP contribution in [0.4, 0.5) is 0 Å². The van der Waals surface area contributed by atoms with Gasteiger partial charge in [0.15, 0.2) is 0 Å². The zero-order chi connectivity index (χ0) is 18.1. The molecule has 2 N–H and O–H groups in total. The van der Waals surface area contributed by atoms with Crippen molar-refractivity contribution in [3.8, 4) is 5.69 Å². The number of carbonyl (C=O) groups is 1. The summed E-state index contributed by atoms with van der Waals surface area (Å²) in [6, 6.07) is 9.51. The van der Waals surface area contributed by atoms with Crippen LogP contribution in [0.5, 0.6) is 0 Å². The molecular weight excluding hydrogens is 368 g/mol. The summed E-state index contributed by atoms with van der Waals surface area (Å²) >= 11 is 7.46. The van der Waals surface area contributed by atoms with E-state index in [1.165, 1.54) is 24.2 Å². The van der Waals surface area contributed by atoms with Crippen LogP contribution in [0.1, 0.15) is 28.2 Å². The topological polar surface area (TPSA) is 59.0 Å². The summed E-state index contributed by atoms with van der Waals surface area (Å²) < 4.78 is 1.88. The van der Waals surface area contributed by atoms with Crippen molar-refractivity contribution in [2.45, 2.75) is 19.8 Å². The number of piperidine rings is 1. The number of hydrogen-bond donors (Lipinski definition) is 2. The fourth-order valence-corrected chi connectivity index (χ4v) is 4.56. The van der Waals surface area contributed by atoms with Gasteiger partial charge in [-0.3, -0.25) is 4.79 Å². The highest BCUT2D eigenvalue weighted by Crippen LogP contribution is 2.30. The van der Waals surface area contributed by atoms with Crippen molar-refractivity contribution in [1.82, 2.24) is 20.4 Å². The SMILES string of the molecule is Cc1nn(-c2ccc(Cl)cc2)c2sc(C(=O)NCC3CCCNC3)cc12. The fourth-order valence-electron chi connectivity index (χ4n) is 3.34. The van der Waals surface area contributed by atoms with Gasteiger partial charge in [0.05, 0.1) is 16.3 Å². The van der Waals surface area contributed by atoms with Crippen molar-refractivity contribution in [3.05, 3.63) is 45.9 Å². The van der Waals surface area contributed by atoms with Crippen LogP contribution in [0, 0.1) is 12.8 Å². The monoisotopic (exact) mass is 388 g/mol. The van der Waals surface area contributed by atoms with Crippen molar-refractivity contribution >= 4 is 39.1 Å². The van der Waals surface area contributed by atoms with Crippen molar-refractivity contribution in [2.24, 2.45) is 5.92 Å². The van der Waals surface area contributed by atoms with Crippen LogP contribution < -0.4 is 10.6 Å². The number of amides is 1. The standard InChI is InChI=1S/C19H21ClN4OS/c1-12-16-9-17(18(25)22-11-13-3-2-8-21-10-13)26-19(16)24(23-12)15-6-4-14(20)5-7-15/h4-7,9,13,21H,2-3,8,10-11H2,1H3,(H,22,25). The van der Waals surface area contributed by atoms with E-state index < -0.39 is 0 Å².